The number of anilines is 1. The Kier molecular flexibility index (Phi) is 6.12. The van der Waals surface area contributed by atoms with E-state index in [9.17, 15) is 9.59 Å². The molecule has 162 valence electrons. The summed E-state index contributed by atoms with van der Waals surface area (Å²) in [5.74, 6) is 0.402. The lowest BCUT2D eigenvalue weighted by atomic mass is 10.1. The number of ether oxygens (including phenoxy) is 2. The first-order valence-electron chi connectivity index (χ1n) is 10.0. The van der Waals surface area contributed by atoms with E-state index in [1.807, 2.05) is 42.5 Å². The average Bonchev–Trinajstić information content (AvgIpc) is 3.23. The van der Waals surface area contributed by atoms with Gasteiger partial charge in [-0.15, -0.1) is 0 Å². The number of amides is 1. The summed E-state index contributed by atoms with van der Waals surface area (Å²) in [5, 5.41) is 8.61. The predicted octanol–water partition coefficient (Wildman–Crippen LogP) is 4.29. The first-order valence-corrected chi connectivity index (χ1v) is 10.0. The van der Waals surface area contributed by atoms with Crippen LogP contribution in [0.1, 0.15) is 29.0 Å². The fourth-order valence-electron chi connectivity index (χ4n) is 3.03. The number of esters is 1. The molecule has 4 rings (SSSR count). The maximum atomic E-state index is 12.5. The van der Waals surface area contributed by atoms with Gasteiger partial charge < -0.3 is 19.3 Å². The van der Waals surface area contributed by atoms with Gasteiger partial charge in [-0.3, -0.25) is 4.79 Å². The first-order chi connectivity index (χ1) is 15.5. The second-order valence-corrected chi connectivity index (χ2v) is 7.14. The highest BCUT2D eigenvalue weighted by molar-refractivity contribution is 5.98. The van der Waals surface area contributed by atoms with Crippen LogP contribution in [0.4, 0.5) is 5.69 Å². The molecule has 3 aromatic carbocycles. The number of rotatable bonds is 7. The molecule has 8 heteroatoms. The van der Waals surface area contributed by atoms with Gasteiger partial charge in [0.2, 0.25) is 11.7 Å². The lowest BCUT2D eigenvalue weighted by molar-refractivity contribution is -0.123. The molecule has 0 aliphatic rings. The molecule has 4 aromatic rings. The maximum absolute atomic E-state index is 12.5. The number of aromatic nitrogens is 2. The number of fused-ring (bicyclic) bond motifs is 1. The van der Waals surface area contributed by atoms with E-state index in [0.29, 0.717) is 28.7 Å². The smallest absolute Gasteiger partial charge is 0.338 e. The van der Waals surface area contributed by atoms with Gasteiger partial charge in [-0.05, 0) is 54.1 Å². The van der Waals surface area contributed by atoms with Crippen LogP contribution in [-0.4, -0.2) is 28.1 Å². The summed E-state index contributed by atoms with van der Waals surface area (Å²) in [6, 6.07) is 19.8. The van der Waals surface area contributed by atoms with Gasteiger partial charge in [0.25, 0.3) is 5.91 Å². The summed E-state index contributed by atoms with van der Waals surface area (Å²) < 4.78 is 15.7. The number of hydrogen-bond acceptors (Lipinski definition) is 7. The van der Waals surface area contributed by atoms with Crippen molar-refractivity contribution in [3.05, 3.63) is 84.0 Å². The van der Waals surface area contributed by atoms with Crippen molar-refractivity contribution in [1.82, 2.24) is 10.1 Å². The summed E-state index contributed by atoms with van der Waals surface area (Å²) in [6.07, 6.45) is -0.966. The highest BCUT2D eigenvalue weighted by Gasteiger charge is 2.19. The molecule has 32 heavy (non-hydrogen) atoms. The highest BCUT2D eigenvalue weighted by Crippen LogP contribution is 2.19. The third-order valence-electron chi connectivity index (χ3n) is 4.70. The fourth-order valence-corrected chi connectivity index (χ4v) is 3.03. The largest absolute Gasteiger partial charge is 0.485 e. The number of hydrogen-bond donors (Lipinski definition) is 1. The second kappa shape index (κ2) is 9.30. The zero-order chi connectivity index (χ0) is 22.5. The number of carbonyl (C=O) groups is 2. The van der Waals surface area contributed by atoms with Crippen LogP contribution in [0, 0.1) is 6.92 Å². The lowest BCUT2D eigenvalue weighted by Gasteiger charge is -2.14. The van der Waals surface area contributed by atoms with Crippen molar-refractivity contribution in [3.8, 4) is 5.75 Å². The number of nitrogens with one attached hydrogen (secondary N) is 1. The maximum Gasteiger partial charge on any atom is 0.338 e. The normalized spacial score (nSPS) is 11.7. The first kappa shape index (κ1) is 21.0. The molecule has 0 bridgehead atoms. The third-order valence-corrected chi connectivity index (χ3v) is 4.70. The minimum absolute atomic E-state index is 0.146. The fraction of sp³-hybridized carbons (Fsp3) is 0.167. The van der Waals surface area contributed by atoms with E-state index in [0.717, 1.165) is 10.8 Å². The van der Waals surface area contributed by atoms with Gasteiger partial charge in [0.15, 0.2) is 12.7 Å². The molecule has 0 saturated carbocycles. The van der Waals surface area contributed by atoms with E-state index in [-0.39, 0.29) is 6.61 Å². The van der Waals surface area contributed by atoms with Crippen molar-refractivity contribution in [1.29, 1.82) is 0 Å². The van der Waals surface area contributed by atoms with Crippen molar-refractivity contribution in [2.24, 2.45) is 0 Å². The van der Waals surface area contributed by atoms with Crippen LogP contribution in [0.2, 0.25) is 0 Å². The van der Waals surface area contributed by atoms with Crippen LogP contribution in [-0.2, 0) is 16.1 Å². The van der Waals surface area contributed by atoms with E-state index in [1.165, 1.54) is 6.92 Å². The molecule has 0 radical (unpaired) electrons. The number of benzene rings is 3. The van der Waals surface area contributed by atoms with E-state index in [1.54, 1.807) is 31.2 Å². The predicted molar refractivity (Wildman–Crippen MR) is 117 cm³/mol. The molecule has 0 fully saturated rings. The van der Waals surface area contributed by atoms with E-state index < -0.39 is 18.0 Å². The Morgan fingerprint density at radius 1 is 1.03 bits per heavy atom. The van der Waals surface area contributed by atoms with Crippen molar-refractivity contribution >= 4 is 28.3 Å². The molecule has 1 N–H and O–H groups in total. The molecule has 1 heterocycles. The van der Waals surface area contributed by atoms with Crippen molar-refractivity contribution in [2.45, 2.75) is 26.6 Å². The molecular formula is C24H21N3O5. The molecule has 0 aliphatic carbocycles. The SMILES string of the molecule is Cc1nc(COc2ccc(C(=O)OC(C)C(=O)Nc3ccc4ccccc4c3)cc2)no1. The second-order valence-electron chi connectivity index (χ2n) is 7.14. The van der Waals surface area contributed by atoms with Crippen LogP contribution in [0.5, 0.6) is 5.75 Å². The quantitative estimate of drug-likeness (QED) is 0.435. The van der Waals surface area contributed by atoms with Crippen molar-refractivity contribution in [3.63, 3.8) is 0 Å². The Labute approximate surface area is 184 Å². The van der Waals surface area contributed by atoms with Crippen LogP contribution >= 0.6 is 0 Å². The lowest BCUT2D eigenvalue weighted by Crippen LogP contribution is -2.30. The minimum atomic E-state index is -0.966. The molecule has 0 saturated heterocycles. The van der Waals surface area contributed by atoms with Gasteiger partial charge in [0.1, 0.15) is 5.75 Å². The summed E-state index contributed by atoms with van der Waals surface area (Å²) in [7, 11) is 0. The summed E-state index contributed by atoms with van der Waals surface area (Å²) in [6.45, 7) is 3.37. The topological polar surface area (TPSA) is 104 Å². The minimum Gasteiger partial charge on any atom is -0.485 e. The Balaban J connectivity index is 1.31. The van der Waals surface area contributed by atoms with Crippen LogP contribution in [0.15, 0.2) is 71.3 Å². The van der Waals surface area contributed by atoms with Gasteiger partial charge in [-0.1, -0.05) is 35.5 Å². The zero-order valence-electron chi connectivity index (χ0n) is 17.6. The van der Waals surface area contributed by atoms with E-state index in [2.05, 4.69) is 15.5 Å². The molecule has 0 aliphatic heterocycles. The molecule has 1 amide bonds. The number of carbonyl (C=O) groups excluding carboxylic acids is 2. The van der Waals surface area contributed by atoms with Gasteiger partial charge in [-0.25, -0.2) is 4.79 Å². The average molecular weight is 431 g/mol. The Morgan fingerprint density at radius 2 is 1.78 bits per heavy atom. The molecule has 1 atom stereocenters. The van der Waals surface area contributed by atoms with Crippen LogP contribution in [0.3, 0.4) is 0 Å². The summed E-state index contributed by atoms with van der Waals surface area (Å²) >= 11 is 0. The summed E-state index contributed by atoms with van der Waals surface area (Å²) in [5.41, 5.74) is 0.938. The van der Waals surface area contributed by atoms with Gasteiger partial charge in [-0.2, -0.15) is 4.98 Å². The Bertz CT molecular complexity index is 1250. The highest BCUT2D eigenvalue weighted by atomic mass is 16.5. The standard InChI is InChI=1S/C24H21N3O5/c1-15(23(28)26-20-10-7-17-5-3-4-6-19(17)13-20)31-24(29)18-8-11-21(12-9-18)30-14-22-25-16(2)32-27-22/h3-13,15H,14H2,1-2H3,(H,26,28). The molecule has 8 nitrogen and oxygen atoms in total. The monoisotopic (exact) mass is 431 g/mol. The van der Waals surface area contributed by atoms with Crippen molar-refractivity contribution in [2.75, 3.05) is 5.32 Å². The van der Waals surface area contributed by atoms with Gasteiger partial charge in [0.05, 0.1) is 5.56 Å². The van der Waals surface area contributed by atoms with E-state index >= 15 is 0 Å². The number of nitrogens with zero attached hydrogens (tertiary/aromatic N) is 2. The van der Waals surface area contributed by atoms with Crippen LogP contribution < -0.4 is 10.1 Å². The molecule has 1 unspecified atom stereocenters. The number of aryl methyl sites for hydroxylation is 1. The Hall–Kier alpha value is -4.20. The molecule has 1 aromatic heterocycles. The summed E-state index contributed by atoms with van der Waals surface area (Å²) in [4.78, 5) is 28.9. The van der Waals surface area contributed by atoms with E-state index in [4.69, 9.17) is 14.0 Å². The van der Waals surface area contributed by atoms with Crippen LogP contribution in [0.25, 0.3) is 10.8 Å². The van der Waals surface area contributed by atoms with Gasteiger partial charge >= 0.3 is 5.97 Å². The molecule has 0 spiro atoms. The third kappa shape index (κ3) is 5.10. The Morgan fingerprint density at radius 3 is 2.50 bits per heavy atom. The van der Waals surface area contributed by atoms with Crippen molar-refractivity contribution < 1.29 is 23.6 Å². The molecular weight excluding hydrogens is 410 g/mol. The van der Waals surface area contributed by atoms with Gasteiger partial charge in [0, 0.05) is 12.6 Å². The zero-order valence-corrected chi connectivity index (χ0v) is 17.6.